The molecule has 2 N–H and O–H groups in total. The van der Waals surface area contributed by atoms with Crippen LogP contribution in [0.4, 0.5) is 0 Å². The number of hydrogen-bond donors (Lipinski definition) is 2. The first-order chi connectivity index (χ1) is 8.61. The Morgan fingerprint density at radius 3 is 2.61 bits per heavy atom. The average molecular weight is 245 g/mol. The number of carbonyl (C=O) groups excluding carboxylic acids is 1. The van der Waals surface area contributed by atoms with Crippen LogP contribution in [-0.4, -0.2) is 29.0 Å². The van der Waals surface area contributed by atoms with Gasteiger partial charge in [-0.1, -0.05) is 12.1 Å². The van der Waals surface area contributed by atoms with E-state index in [1.54, 1.807) is 24.3 Å². The molecule has 0 radical (unpaired) electrons. The van der Waals surface area contributed by atoms with Crippen molar-refractivity contribution < 1.29 is 19.4 Å². The molecule has 0 saturated carbocycles. The summed E-state index contributed by atoms with van der Waals surface area (Å²) in [5.41, 5.74) is 0.743. The molecule has 0 atom stereocenters. The van der Waals surface area contributed by atoms with Gasteiger partial charge in [-0.3, -0.25) is 4.79 Å². The predicted molar refractivity (Wildman–Crippen MR) is 64.2 cm³/mol. The van der Waals surface area contributed by atoms with Gasteiger partial charge in [-0.05, 0) is 18.2 Å². The van der Waals surface area contributed by atoms with E-state index in [1.165, 1.54) is 19.4 Å². The number of rotatable bonds is 4. The zero-order chi connectivity index (χ0) is 13.1. The summed E-state index contributed by atoms with van der Waals surface area (Å²) in [6.45, 7) is 0. The number of carboxylic acid groups (broad SMARTS) is 1. The number of aromatic amines is 1. The first-order valence-corrected chi connectivity index (χ1v) is 5.22. The Balaban J connectivity index is 2.32. The minimum atomic E-state index is -1.10. The van der Waals surface area contributed by atoms with Gasteiger partial charge in [-0.15, -0.1) is 0 Å². The van der Waals surface area contributed by atoms with Gasteiger partial charge in [0.05, 0.1) is 7.11 Å². The molecule has 0 aliphatic carbocycles. The molecule has 0 saturated heterocycles. The number of methoxy groups -OCH3 is 1. The van der Waals surface area contributed by atoms with Gasteiger partial charge in [0.25, 0.3) is 0 Å². The number of hydrogen-bond acceptors (Lipinski definition) is 3. The lowest BCUT2D eigenvalue weighted by Crippen LogP contribution is -2.00. The van der Waals surface area contributed by atoms with Crippen LogP contribution in [0.1, 0.15) is 26.4 Å². The molecule has 0 unspecified atom stereocenters. The number of benzene rings is 1. The SMILES string of the molecule is COc1cccc(C(=O)c2c[nH]c(C(=O)O)c2)c1. The van der Waals surface area contributed by atoms with Crippen molar-refractivity contribution >= 4 is 11.8 Å². The van der Waals surface area contributed by atoms with Crippen LogP contribution in [0.15, 0.2) is 36.5 Å². The number of carboxylic acids is 1. The molecule has 18 heavy (non-hydrogen) atoms. The second kappa shape index (κ2) is 4.75. The van der Waals surface area contributed by atoms with Crippen LogP contribution >= 0.6 is 0 Å². The maximum absolute atomic E-state index is 12.1. The molecule has 1 aromatic carbocycles. The fourth-order valence-electron chi connectivity index (χ4n) is 1.58. The molecule has 0 aliphatic heterocycles. The summed E-state index contributed by atoms with van der Waals surface area (Å²) >= 11 is 0. The number of nitrogens with one attached hydrogen (secondary N) is 1. The third kappa shape index (κ3) is 2.24. The van der Waals surface area contributed by atoms with Gasteiger partial charge in [-0.25, -0.2) is 4.79 Å². The highest BCUT2D eigenvalue weighted by molar-refractivity contribution is 6.10. The lowest BCUT2D eigenvalue weighted by atomic mass is 10.1. The molecule has 0 aliphatic rings. The first kappa shape index (κ1) is 11.9. The van der Waals surface area contributed by atoms with Crippen LogP contribution in [0.3, 0.4) is 0 Å². The van der Waals surface area contributed by atoms with E-state index >= 15 is 0 Å². The summed E-state index contributed by atoms with van der Waals surface area (Å²) in [7, 11) is 1.52. The molecule has 0 bridgehead atoms. The van der Waals surface area contributed by atoms with E-state index in [4.69, 9.17) is 9.84 Å². The van der Waals surface area contributed by atoms with Crippen molar-refractivity contribution in [2.24, 2.45) is 0 Å². The van der Waals surface area contributed by atoms with Crippen molar-refractivity contribution in [2.45, 2.75) is 0 Å². The normalized spacial score (nSPS) is 10.1. The second-order valence-electron chi connectivity index (χ2n) is 3.67. The Kier molecular flexibility index (Phi) is 3.14. The summed E-state index contributed by atoms with van der Waals surface area (Å²) in [6.07, 6.45) is 1.38. The maximum atomic E-state index is 12.1. The highest BCUT2D eigenvalue weighted by atomic mass is 16.5. The average Bonchev–Trinajstić information content (AvgIpc) is 2.87. The minimum absolute atomic E-state index is 0.0127. The van der Waals surface area contributed by atoms with Crippen LogP contribution < -0.4 is 4.74 Å². The van der Waals surface area contributed by atoms with Gasteiger partial charge in [0.15, 0.2) is 5.78 Å². The Labute approximate surface area is 103 Å². The molecule has 1 heterocycles. The van der Waals surface area contributed by atoms with Gasteiger partial charge >= 0.3 is 5.97 Å². The van der Waals surface area contributed by atoms with Gasteiger partial charge < -0.3 is 14.8 Å². The monoisotopic (exact) mass is 245 g/mol. The van der Waals surface area contributed by atoms with E-state index in [-0.39, 0.29) is 11.5 Å². The predicted octanol–water partition coefficient (Wildman–Crippen LogP) is 1.95. The summed E-state index contributed by atoms with van der Waals surface area (Å²) in [5, 5.41) is 8.77. The van der Waals surface area contributed by atoms with Gasteiger partial charge in [0.2, 0.25) is 0 Å². The highest BCUT2D eigenvalue weighted by Gasteiger charge is 2.14. The van der Waals surface area contributed by atoms with Crippen LogP contribution in [0, 0.1) is 0 Å². The van der Waals surface area contributed by atoms with Crippen molar-refractivity contribution in [2.75, 3.05) is 7.11 Å². The quantitative estimate of drug-likeness (QED) is 0.807. The lowest BCUT2D eigenvalue weighted by Gasteiger charge is -2.02. The Morgan fingerprint density at radius 2 is 2.00 bits per heavy atom. The molecule has 1 aromatic heterocycles. The van der Waals surface area contributed by atoms with Crippen molar-refractivity contribution in [3.05, 3.63) is 53.3 Å². The molecule has 5 heteroatoms. The Bertz CT molecular complexity index is 601. The van der Waals surface area contributed by atoms with E-state index in [9.17, 15) is 9.59 Å². The molecule has 0 spiro atoms. The Morgan fingerprint density at radius 1 is 1.22 bits per heavy atom. The summed E-state index contributed by atoms with van der Waals surface area (Å²) in [6, 6.07) is 8.01. The summed E-state index contributed by atoms with van der Waals surface area (Å²) < 4.78 is 5.03. The fraction of sp³-hybridized carbons (Fsp3) is 0.0769. The maximum Gasteiger partial charge on any atom is 0.352 e. The largest absolute Gasteiger partial charge is 0.497 e. The molecule has 92 valence electrons. The highest BCUT2D eigenvalue weighted by Crippen LogP contribution is 2.16. The number of ether oxygens (including phenoxy) is 1. The number of aromatic carboxylic acids is 1. The molecule has 0 fully saturated rings. The van der Waals surface area contributed by atoms with Crippen LogP contribution in [0.5, 0.6) is 5.75 Å². The van der Waals surface area contributed by atoms with Crippen LogP contribution in [0.2, 0.25) is 0 Å². The zero-order valence-electron chi connectivity index (χ0n) is 9.64. The van der Waals surface area contributed by atoms with Gasteiger partial charge in [0.1, 0.15) is 11.4 Å². The lowest BCUT2D eigenvalue weighted by molar-refractivity contribution is 0.0691. The van der Waals surface area contributed by atoms with Crippen molar-refractivity contribution in [3.8, 4) is 5.75 Å². The summed E-state index contributed by atoms with van der Waals surface area (Å²) in [5.74, 6) is -0.771. The molecule has 0 amide bonds. The molecular weight excluding hydrogens is 234 g/mol. The zero-order valence-corrected chi connectivity index (χ0v) is 9.64. The molecular formula is C13H11NO4. The second-order valence-corrected chi connectivity index (χ2v) is 3.67. The third-order valence-corrected chi connectivity index (χ3v) is 2.51. The number of carbonyl (C=O) groups is 2. The van der Waals surface area contributed by atoms with Crippen molar-refractivity contribution in [3.63, 3.8) is 0 Å². The van der Waals surface area contributed by atoms with E-state index in [0.29, 0.717) is 16.9 Å². The molecule has 2 rings (SSSR count). The fourth-order valence-corrected chi connectivity index (χ4v) is 1.58. The molecule has 5 nitrogen and oxygen atoms in total. The molecule has 2 aromatic rings. The van der Waals surface area contributed by atoms with Gasteiger partial charge in [-0.2, -0.15) is 0 Å². The number of H-pyrrole nitrogens is 1. The topological polar surface area (TPSA) is 79.4 Å². The van der Waals surface area contributed by atoms with E-state index < -0.39 is 5.97 Å². The van der Waals surface area contributed by atoms with Crippen molar-refractivity contribution in [1.82, 2.24) is 4.98 Å². The van der Waals surface area contributed by atoms with E-state index in [2.05, 4.69) is 4.98 Å². The van der Waals surface area contributed by atoms with Crippen LogP contribution in [0.25, 0.3) is 0 Å². The van der Waals surface area contributed by atoms with E-state index in [0.717, 1.165) is 0 Å². The van der Waals surface area contributed by atoms with Crippen molar-refractivity contribution in [1.29, 1.82) is 0 Å². The first-order valence-electron chi connectivity index (χ1n) is 5.22. The van der Waals surface area contributed by atoms with Crippen LogP contribution in [-0.2, 0) is 0 Å². The minimum Gasteiger partial charge on any atom is -0.497 e. The Hall–Kier alpha value is -2.56. The number of aromatic nitrogens is 1. The number of ketones is 1. The smallest absolute Gasteiger partial charge is 0.352 e. The summed E-state index contributed by atoms with van der Waals surface area (Å²) in [4.78, 5) is 25.3. The van der Waals surface area contributed by atoms with Gasteiger partial charge in [0, 0.05) is 17.3 Å². The third-order valence-electron chi connectivity index (χ3n) is 2.51. The van der Waals surface area contributed by atoms with E-state index in [1.807, 2.05) is 0 Å². The standard InChI is InChI=1S/C13H11NO4/c1-18-10-4-2-3-8(5-10)12(15)9-6-11(13(16)17)14-7-9/h2-7,14H,1H3,(H,16,17).